The lowest BCUT2D eigenvalue weighted by Gasteiger charge is -2.25. The maximum atomic E-state index is 11.6. The fourth-order valence-corrected chi connectivity index (χ4v) is 2.76. The van der Waals surface area contributed by atoms with Crippen LogP contribution in [0.5, 0.6) is 0 Å². The van der Waals surface area contributed by atoms with Gasteiger partial charge in [-0.1, -0.05) is 64.7 Å². The van der Waals surface area contributed by atoms with Crippen LogP contribution in [0.1, 0.15) is 71.1 Å². The van der Waals surface area contributed by atoms with Gasteiger partial charge in [-0.05, 0) is 6.42 Å². The Kier molecular flexibility index (Phi) is 16.6. The SMILES string of the molecule is CCCCCCCCCCCCNC(=O)NCC(O)C(O)C(O)C(O)CO. The fourth-order valence-electron chi connectivity index (χ4n) is 2.76. The van der Waals surface area contributed by atoms with Gasteiger partial charge in [-0.2, -0.15) is 0 Å². The summed E-state index contributed by atoms with van der Waals surface area (Å²) >= 11 is 0. The van der Waals surface area contributed by atoms with Gasteiger partial charge in [0.2, 0.25) is 0 Å². The molecule has 0 aromatic heterocycles. The fraction of sp³-hybridized carbons (Fsp3) is 0.947. The number of amides is 2. The molecule has 0 heterocycles. The highest BCUT2D eigenvalue weighted by Crippen LogP contribution is 2.10. The molecule has 0 radical (unpaired) electrons. The van der Waals surface area contributed by atoms with Gasteiger partial charge in [0.25, 0.3) is 0 Å². The topological polar surface area (TPSA) is 142 Å². The third-order valence-electron chi connectivity index (χ3n) is 4.61. The number of aliphatic hydroxyl groups is 5. The summed E-state index contributed by atoms with van der Waals surface area (Å²) in [6.07, 6.45) is 5.79. The lowest BCUT2D eigenvalue weighted by Crippen LogP contribution is -2.50. The minimum atomic E-state index is -1.69. The maximum absolute atomic E-state index is 11.6. The van der Waals surface area contributed by atoms with E-state index in [2.05, 4.69) is 17.6 Å². The number of rotatable bonds is 17. The number of hydrogen-bond donors (Lipinski definition) is 7. The molecule has 0 fully saturated rings. The van der Waals surface area contributed by atoms with Crippen LogP contribution >= 0.6 is 0 Å². The second-order valence-electron chi connectivity index (χ2n) is 7.12. The molecule has 162 valence electrons. The monoisotopic (exact) mass is 392 g/mol. The molecular weight excluding hydrogens is 352 g/mol. The van der Waals surface area contributed by atoms with Gasteiger partial charge in [-0.15, -0.1) is 0 Å². The van der Waals surface area contributed by atoms with E-state index >= 15 is 0 Å². The smallest absolute Gasteiger partial charge is 0.314 e. The zero-order valence-electron chi connectivity index (χ0n) is 16.6. The third kappa shape index (κ3) is 13.8. The predicted octanol–water partition coefficient (Wildman–Crippen LogP) is 0.642. The molecule has 2 amide bonds. The van der Waals surface area contributed by atoms with Crippen molar-refractivity contribution in [3.05, 3.63) is 0 Å². The zero-order valence-corrected chi connectivity index (χ0v) is 16.6. The van der Waals surface area contributed by atoms with Crippen LogP contribution in [0.2, 0.25) is 0 Å². The summed E-state index contributed by atoms with van der Waals surface area (Å²) in [6.45, 7) is 1.74. The molecule has 0 aromatic carbocycles. The first kappa shape index (κ1) is 26.1. The minimum absolute atomic E-state index is 0.278. The molecule has 4 atom stereocenters. The molecule has 8 nitrogen and oxygen atoms in total. The van der Waals surface area contributed by atoms with Crippen LogP contribution in [0.4, 0.5) is 4.79 Å². The number of hydrogen-bond acceptors (Lipinski definition) is 6. The van der Waals surface area contributed by atoms with E-state index in [1.165, 1.54) is 44.9 Å². The van der Waals surface area contributed by atoms with Gasteiger partial charge in [0.15, 0.2) is 0 Å². The summed E-state index contributed by atoms with van der Waals surface area (Å²) in [5.74, 6) is 0. The Labute approximate surface area is 163 Å². The molecule has 0 aliphatic rings. The largest absolute Gasteiger partial charge is 0.394 e. The van der Waals surface area contributed by atoms with Crippen molar-refractivity contribution in [1.82, 2.24) is 10.6 Å². The van der Waals surface area contributed by atoms with Crippen LogP contribution < -0.4 is 10.6 Å². The zero-order chi connectivity index (χ0) is 20.5. The van der Waals surface area contributed by atoms with Crippen molar-refractivity contribution in [2.75, 3.05) is 19.7 Å². The second kappa shape index (κ2) is 17.2. The third-order valence-corrected chi connectivity index (χ3v) is 4.61. The Morgan fingerprint density at radius 1 is 0.741 bits per heavy atom. The Hall–Kier alpha value is -0.930. The first-order valence-corrected chi connectivity index (χ1v) is 10.3. The van der Waals surface area contributed by atoms with E-state index in [0.717, 1.165) is 19.3 Å². The molecule has 0 saturated carbocycles. The first-order valence-electron chi connectivity index (χ1n) is 10.3. The van der Waals surface area contributed by atoms with E-state index in [4.69, 9.17) is 5.11 Å². The molecule has 4 unspecified atom stereocenters. The number of nitrogens with one attached hydrogen (secondary N) is 2. The molecule has 0 bridgehead atoms. The molecule has 8 heteroatoms. The van der Waals surface area contributed by atoms with Crippen LogP contribution in [-0.4, -0.2) is 75.7 Å². The van der Waals surface area contributed by atoms with E-state index in [9.17, 15) is 25.2 Å². The summed E-state index contributed by atoms with van der Waals surface area (Å²) in [5, 5.41) is 51.8. The molecule has 27 heavy (non-hydrogen) atoms. The predicted molar refractivity (Wildman–Crippen MR) is 104 cm³/mol. The first-order chi connectivity index (χ1) is 12.9. The Morgan fingerprint density at radius 3 is 1.74 bits per heavy atom. The molecule has 0 aliphatic heterocycles. The molecule has 0 aliphatic carbocycles. The number of carbonyl (C=O) groups excluding carboxylic acids is 1. The lowest BCUT2D eigenvalue weighted by molar-refractivity contribution is -0.113. The average molecular weight is 393 g/mol. The number of carbonyl (C=O) groups is 1. The van der Waals surface area contributed by atoms with E-state index in [-0.39, 0.29) is 6.54 Å². The summed E-state index contributed by atoms with van der Waals surface area (Å²) in [5.41, 5.74) is 0. The highest BCUT2D eigenvalue weighted by atomic mass is 16.4. The lowest BCUT2D eigenvalue weighted by atomic mass is 10.0. The van der Waals surface area contributed by atoms with Crippen LogP contribution in [0.15, 0.2) is 0 Å². The van der Waals surface area contributed by atoms with Crippen LogP contribution in [0.25, 0.3) is 0 Å². The second-order valence-corrected chi connectivity index (χ2v) is 7.12. The average Bonchev–Trinajstić information content (AvgIpc) is 2.68. The van der Waals surface area contributed by atoms with Crippen molar-refractivity contribution in [3.63, 3.8) is 0 Å². The van der Waals surface area contributed by atoms with Crippen LogP contribution in [-0.2, 0) is 0 Å². The normalized spacial score (nSPS) is 15.8. The van der Waals surface area contributed by atoms with E-state index in [1.54, 1.807) is 0 Å². The summed E-state index contributed by atoms with van der Waals surface area (Å²) in [7, 11) is 0. The number of aliphatic hydroxyl groups excluding tert-OH is 5. The van der Waals surface area contributed by atoms with Gasteiger partial charge in [-0.3, -0.25) is 0 Å². The summed E-state index contributed by atoms with van der Waals surface area (Å²) < 4.78 is 0. The van der Waals surface area contributed by atoms with Crippen molar-refractivity contribution in [2.24, 2.45) is 0 Å². The molecule has 0 spiro atoms. The van der Waals surface area contributed by atoms with Gasteiger partial charge in [0.05, 0.1) is 12.7 Å². The van der Waals surface area contributed by atoms with Crippen molar-refractivity contribution >= 4 is 6.03 Å². The highest BCUT2D eigenvalue weighted by molar-refractivity contribution is 5.73. The van der Waals surface area contributed by atoms with Crippen molar-refractivity contribution in [1.29, 1.82) is 0 Å². The molecular formula is C19H40N2O6. The van der Waals surface area contributed by atoms with Crippen molar-refractivity contribution in [3.8, 4) is 0 Å². The molecule has 7 N–H and O–H groups in total. The summed E-state index contributed by atoms with van der Waals surface area (Å²) in [4.78, 5) is 11.6. The van der Waals surface area contributed by atoms with Crippen LogP contribution in [0.3, 0.4) is 0 Å². The quantitative estimate of drug-likeness (QED) is 0.181. The Bertz CT molecular complexity index is 359. The van der Waals surface area contributed by atoms with Crippen molar-refractivity contribution in [2.45, 2.75) is 95.5 Å². The molecule has 0 aromatic rings. The molecule has 0 saturated heterocycles. The van der Waals surface area contributed by atoms with E-state index in [1.807, 2.05) is 0 Å². The van der Waals surface area contributed by atoms with Gasteiger partial charge in [-0.25, -0.2) is 4.79 Å². The maximum Gasteiger partial charge on any atom is 0.314 e. The summed E-state index contributed by atoms with van der Waals surface area (Å²) in [6, 6.07) is -0.464. The van der Waals surface area contributed by atoms with E-state index in [0.29, 0.717) is 6.54 Å². The van der Waals surface area contributed by atoms with E-state index < -0.39 is 37.1 Å². The van der Waals surface area contributed by atoms with Crippen molar-refractivity contribution < 1.29 is 30.3 Å². The van der Waals surface area contributed by atoms with Gasteiger partial charge >= 0.3 is 6.03 Å². The Balaban J connectivity index is 3.58. The minimum Gasteiger partial charge on any atom is -0.394 e. The van der Waals surface area contributed by atoms with Gasteiger partial charge in [0.1, 0.15) is 18.3 Å². The Morgan fingerprint density at radius 2 is 1.22 bits per heavy atom. The molecule has 0 rings (SSSR count). The number of unbranched alkanes of at least 4 members (excludes halogenated alkanes) is 9. The highest BCUT2D eigenvalue weighted by Gasteiger charge is 2.30. The van der Waals surface area contributed by atoms with Gasteiger partial charge < -0.3 is 36.2 Å². The number of urea groups is 1. The standard InChI is InChI=1S/C19H40N2O6/c1-2-3-4-5-6-7-8-9-10-11-12-20-19(27)21-13-15(23)17(25)18(26)16(24)14-22/h15-18,22-26H,2-14H2,1H3,(H2,20,21,27). The van der Waals surface area contributed by atoms with Gasteiger partial charge in [0, 0.05) is 13.1 Å². The van der Waals surface area contributed by atoms with Crippen LogP contribution in [0, 0.1) is 0 Å².